The van der Waals surface area contributed by atoms with Gasteiger partial charge in [-0.2, -0.15) is 0 Å². The highest BCUT2D eigenvalue weighted by Gasteiger charge is 2.20. The van der Waals surface area contributed by atoms with Crippen molar-refractivity contribution in [2.75, 3.05) is 0 Å². The maximum atomic E-state index is 11.4. The number of hydrogen-bond acceptors (Lipinski definition) is 3. The summed E-state index contributed by atoms with van der Waals surface area (Å²) in [5.41, 5.74) is 5.25. The van der Waals surface area contributed by atoms with E-state index < -0.39 is 11.3 Å². The monoisotopic (exact) mass is 260 g/mol. The Balaban J connectivity index is 3.01. The largest absolute Gasteiger partial charge is 0.510 e. The lowest BCUT2D eigenvalue weighted by molar-refractivity contribution is 0.100. The third kappa shape index (κ3) is 2.19. The fraction of sp³-hybridized carbons (Fsp3) is 0.286. The molecule has 0 saturated heterocycles. The normalized spacial score (nSPS) is 13.6. The molecule has 0 radical (unpaired) electrons. The van der Waals surface area contributed by atoms with E-state index in [-0.39, 0.29) is 16.8 Å². The van der Waals surface area contributed by atoms with Gasteiger partial charge in [0, 0.05) is 23.7 Å². The van der Waals surface area contributed by atoms with E-state index in [1.807, 2.05) is 20.8 Å². The van der Waals surface area contributed by atoms with Gasteiger partial charge in [-0.1, -0.05) is 20.8 Å². The summed E-state index contributed by atoms with van der Waals surface area (Å²) in [6.07, 6.45) is 1.53. The number of fused-ring (bicyclic) bond motifs is 1. The van der Waals surface area contributed by atoms with E-state index in [0.29, 0.717) is 10.9 Å². The molecule has 0 spiro atoms. The summed E-state index contributed by atoms with van der Waals surface area (Å²) in [5, 5.41) is 10.8. The third-order valence-electron chi connectivity index (χ3n) is 2.96. The van der Waals surface area contributed by atoms with Gasteiger partial charge in [0.15, 0.2) is 5.43 Å². The fourth-order valence-corrected chi connectivity index (χ4v) is 1.94. The van der Waals surface area contributed by atoms with Gasteiger partial charge in [0.05, 0.1) is 16.4 Å². The van der Waals surface area contributed by atoms with Crippen LogP contribution in [0.2, 0.25) is 0 Å². The molecule has 2 heterocycles. The van der Waals surface area contributed by atoms with Gasteiger partial charge < -0.3 is 15.2 Å². The molecule has 19 heavy (non-hydrogen) atoms. The van der Waals surface area contributed by atoms with Crippen LogP contribution in [0.3, 0.4) is 0 Å². The first-order valence-corrected chi connectivity index (χ1v) is 5.90. The van der Waals surface area contributed by atoms with Crippen LogP contribution in [-0.2, 0) is 0 Å². The molecule has 0 fully saturated rings. The Morgan fingerprint density at radius 1 is 1.32 bits per heavy atom. The molecule has 1 amide bonds. The molecule has 0 bridgehead atoms. The Morgan fingerprint density at radius 2 is 1.95 bits per heavy atom. The maximum Gasteiger partial charge on any atom is 0.250 e. The van der Waals surface area contributed by atoms with Crippen molar-refractivity contribution in [2.45, 2.75) is 20.8 Å². The number of aliphatic hydroxyl groups is 1. The smallest absolute Gasteiger partial charge is 0.250 e. The minimum absolute atomic E-state index is 0.133. The molecule has 0 saturated carbocycles. The average Bonchev–Trinajstić information content (AvgIpc) is 2.65. The van der Waals surface area contributed by atoms with Crippen molar-refractivity contribution < 1.29 is 9.90 Å². The molecule has 0 aliphatic heterocycles. The molecule has 0 unspecified atom stereocenters. The highest BCUT2D eigenvalue weighted by atomic mass is 16.3. The summed E-state index contributed by atoms with van der Waals surface area (Å²) in [5.74, 6) is -0.496. The number of pyridine rings is 1. The van der Waals surface area contributed by atoms with Crippen LogP contribution in [0.15, 0.2) is 29.2 Å². The van der Waals surface area contributed by atoms with Gasteiger partial charge in [-0.15, -0.1) is 0 Å². The minimum Gasteiger partial charge on any atom is -0.510 e. The zero-order valence-corrected chi connectivity index (χ0v) is 11.1. The summed E-state index contributed by atoms with van der Waals surface area (Å²) < 4.78 is 1.60. The van der Waals surface area contributed by atoms with Gasteiger partial charge in [0.25, 0.3) is 5.91 Å². The van der Waals surface area contributed by atoms with Gasteiger partial charge in [-0.05, 0) is 6.07 Å². The fourth-order valence-electron chi connectivity index (χ4n) is 1.94. The quantitative estimate of drug-likeness (QED) is 0.796. The van der Waals surface area contributed by atoms with Crippen LogP contribution < -0.4 is 16.5 Å². The van der Waals surface area contributed by atoms with Gasteiger partial charge in [-0.3, -0.25) is 9.59 Å². The van der Waals surface area contributed by atoms with E-state index in [4.69, 9.17) is 5.73 Å². The summed E-state index contributed by atoms with van der Waals surface area (Å²) in [6, 6.07) is 4.22. The SMILES string of the molecule is CC(C)(C)C(O)=c1cc(C(N)=O)c2cc(=O)ccn12. The lowest BCUT2D eigenvalue weighted by atomic mass is 9.93. The zero-order chi connectivity index (χ0) is 14.4. The zero-order valence-electron chi connectivity index (χ0n) is 11.1. The summed E-state index contributed by atoms with van der Waals surface area (Å²) in [7, 11) is 0. The van der Waals surface area contributed by atoms with Crippen molar-refractivity contribution in [3.8, 4) is 0 Å². The Hall–Kier alpha value is -2.30. The number of aromatic nitrogens is 1. The second-order valence-electron chi connectivity index (χ2n) is 5.52. The van der Waals surface area contributed by atoms with Gasteiger partial charge in [-0.25, -0.2) is 0 Å². The van der Waals surface area contributed by atoms with Gasteiger partial charge in [0.2, 0.25) is 0 Å². The number of amides is 1. The van der Waals surface area contributed by atoms with Crippen molar-refractivity contribution in [3.05, 3.63) is 45.5 Å². The van der Waals surface area contributed by atoms with Gasteiger partial charge in [0.1, 0.15) is 5.76 Å². The number of carbonyl (C=O) groups is 1. The van der Waals surface area contributed by atoms with Crippen molar-refractivity contribution in [1.29, 1.82) is 0 Å². The minimum atomic E-state index is -0.629. The van der Waals surface area contributed by atoms with Crippen molar-refractivity contribution in [1.82, 2.24) is 4.40 Å². The standard InChI is InChI=1S/C14H16N2O3/c1-14(2,3)12(18)11-7-9(13(15)19)10-6-8(17)4-5-16(10)11/h4-7,18H,1-3H3,(H2,15,19). The third-order valence-corrected chi connectivity index (χ3v) is 2.96. The highest BCUT2D eigenvalue weighted by Crippen LogP contribution is 2.23. The number of hydrogen-bond donors (Lipinski definition) is 2. The van der Waals surface area contributed by atoms with Crippen LogP contribution in [-0.4, -0.2) is 15.4 Å². The predicted molar refractivity (Wildman–Crippen MR) is 72.9 cm³/mol. The van der Waals surface area contributed by atoms with E-state index in [1.165, 1.54) is 24.4 Å². The number of carbonyl (C=O) groups excluding carboxylic acids is 1. The Labute approximate surface area is 110 Å². The average molecular weight is 260 g/mol. The molecule has 3 N–H and O–H groups in total. The first kappa shape index (κ1) is 13.1. The van der Waals surface area contributed by atoms with E-state index >= 15 is 0 Å². The van der Waals surface area contributed by atoms with Crippen molar-refractivity contribution in [3.63, 3.8) is 0 Å². The lowest BCUT2D eigenvalue weighted by Crippen LogP contribution is -2.21. The maximum absolute atomic E-state index is 11.4. The Bertz CT molecular complexity index is 766. The van der Waals surface area contributed by atoms with Gasteiger partial charge >= 0.3 is 0 Å². The first-order valence-electron chi connectivity index (χ1n) is 5.90. The van der Waals surface area contributed by atoms with E-state index in [9.17, 15) is 14.7 Å². The number of primary amides is 1. The summed E-state index contributed by atoms with van der Waals surface area (Å²) >= 11 is 0. The van der Waals surface area contributed by atoms with Crippen LogP contribution in [0, 0.1) is 5.41 Å². The first-order chi connectivity index (χ1) is 8.71. The molecule has 100 valence electrons. The molecule has 2 aromatic rings. The van der Waals surface area contributed by atoms with Crippen LogP contribution in [0.5, 0.6) is 0 Å². The van der Waals surface area contributed by atoms with E-state index in [2.05, 4.69) is 0 Å². The molecular weight excluding hydrogens is 244 g/mol. The Kier molecular flexibility index (Phi) is 2.85. The second-order valence-corrected chi connectivity index (χ2v) is 5.52. The predicted octanol–water partition coefficient (Wildman–Crippen LogP) is 0.830. The summed E-state index contributed by atoms with van der Waals surface area (Å²) in [4.78, 5) is 22.8. The molecule has 0 aromatic carbocycles. The summed E-state index contributed by atoms with van der Waals surface area (Å²) in [6.45, 7) is 5.56. The topological polar surface area (TPSA) is 84.8 Å². The molecule has 0 aliphatic rings. The highest BCUT2D eigenvalue weighted by molar-refractivity contribution is 6.00. The van der Waals surface area contributed by atoms with Crippen molar-refractivity contribution >= 4 is 17.2 Å². The van der Waals surface area contributed by atoms with E-state index in [1.54, 1.807) is 4.40 Å². The van der Waals surface area contributed by atoms with E-state index in [0.717, 1.165) is 0 Å². The lowest BCUT2D eigenvalue weighted by Gasteiger charge is -2.16. The second kappa shape index (κ2) is 4.12. The molecule has 0 aliphatic carbocycles. The van der Waals surface area contributed by atoms with Crippen LogP contribution in [0.25, 0.3) is 11.3 Å². The van der Waals surface area contributed by atoms with Crippen LogP contribution in [0.1, 0.15) is 31.1 Å². The van der Waals surface area contributed by atoms with Crippen molar-refractivity contribution in [2.24, 2.45) is 11.1 Å². The molecule has 0 atom stereocenters. The number of rotatable bonds is 1. The molecule has 2 rings (SSSR count). The molecule has 5 nitrogen and oxygen atoms in total. The molecule has 5 heteroatoms. The number of nitrogens with zero attached hydrogens (tertiary/aromatic N) is 1. The Morgan fingerprint density at radius 3 is 2.47 bits per heavy atom. The number of nitrogens with two attached hydrogens (primary N) is 1. The number of aliphatic hydroxyl groups excluding tert-OH is 1. The van der Waals surface area contributed by atoms with Crippen LogP contribution >= 0.6 is 0 Å². The molecular formula is C14H16N2O3. The van der Waals surface area contributed by atoms with Crippen LogP contribution in [0.4, 0.5) is 0 Å². The molecule has 2 aromatic heterocycles.